The van der Waals surface area contributed by atoms with Crippen molar-refractivity contribution in [1.82, 2.24) is 10.1 Å². The minimum Gasteiger partial charge on any atom is -0.367 e. The van der Waals surface area contributed by atoms with E-state index < -0.39 is 5.60 Å². The summed E-state index contributed by atoms with van der Waals surface area (Å²) in [6.07, 6.45) is 4.09. The first-order chi connectivity index (χ1) is 8.57. The van der Waals surface area contributed by atoms with Crippen LogP contribution in [0.3, 0.4) is 0 Å². The highest BCUT2D eigenvalue weighted by atomic mass is 16.5. The predicted octanol–water partition coefficient (Wildman–Crippen LogP) is 2.33. The Morgan fingerprint density at radius 1 is 1.44 bits per heavy atom. The maximum Gasteiger partial charge on any atom is 0.231 e. The SMILES string of the molecule is CCC(N)C(C)c1nc(C2(C)CCCCO2)no1. The van der Waals surface area contributed by atoms with E-state index >= 15 is 0 Å². The van der Waals surface area contributed by atoms with E-state index in [1.165, 1.54) is 0 Å². The maximum absolute atomic E-state index is 6.01. The van der Waals surface area contributed by atoms with E-state index in [1.807, 2.05) is 13.8 Å². The zero-order chi connectivity index (χ0) is 13.2. The van der Waals surface area contributed by atoms with Gasteiger partial charge in [0.25, 0.3) is 0 Å². The van der Waals surface area contributed by atoms with E-state index in [0.717, 1.165) is 32.3 Å². The Morgan fingerprint density at radius 3 is 2.83 bits per heavy atom. The lowest BCUT2D eigenvalue weighted by Crippen LogP contribution is -2.31. The highest BCUT2D eigenvalue weighted by Crippen LogP contribution is 2.33. The number of nitrogens with two attached hydrogens (primary N) is 1. The van der Waals surface area contributed by atoms with Crippen LogP contribution < -0.4 is 5.73 Å². The number of rotatable bonds is 4. The number of aromatic nitrogens is 2. The van der Waals surface area contributed by atoms with Crippen molar-refractivity contribution in [2.75, 3.05) is 6.61 Å². The third kappa shape index (κ3) is 2.57. The molecule has 2 N–H and O–H groups in total. The molecule has 1 saturated heterocycles. The van der Waals surface area contributed by atoms with E-state index in [-0.39, 0.29) is 12.0 Å². The molecule has 18 heavy (non-hydrogen) atoms. The Labute approximate surface area is 108 Å². The van der Waals surface area contributed by atoms with E-state index in [2.05, 4.69) is 17.1 Å². The Balaban J connectivity index is 2.14. The van der Waals surface area contributed by atoms with Crippen molar-refractivity contribution in [2.24, 2.45) is 5.73 Å². The van der Waals surface area contributed by atoms with Crippen molar-refractivity contribution < 1.29 is 9.26 Å². The first kappa shape index (κ1) is 13.5. The Hall–Kier alpha value is -0.940. The van der Waals surface area contributed by atoms with E-state index in [9.17, 15) is 0 Å². The summed E-state index contributed by atoms with van der Waals surface area (Å²) < 4.78 is 11.2. The predicted molar refractivity (Wildman–Crippen MR) is 68.1 cm³/mol. The normalized spacial score (nSPS) is 28.0. The first-order valence-electron chi connectivity index (χ1n) is 6.80. The molecule has 0 bridgehead atoms. The minimum absolute atomic E-state index is 0.0541. The summed E-state index contributed by atoms with van der Waals surface area (Å²) in [5.41, 5.74) is 5.62. The molecule has 1 fully saturated rings. The van der Waals surface area contributed by atoms with Gasteiger partial charge in [0.15, 0.2) is 0 Å². The molecule has 0 aliphatic carbocycles. The maximum atomic E-state index is 6.01. The summed E-state index contributed by atoms with van der Waals surface area (Å²) >= 11 is 0. The summed E-state index contributed by atoms with van der Waals surface area (Å²) in [4.78, 5) is 4.49. The van der Waals surface area contributed by atoms with Crippen LogP contribution in [0.15, 0.2) is 4.52 Å². The molecule has 3 atom stereocenters. The molecule has 1 aliphatic rings. The first-order valence-corrected chi connectivity index (χ1v) is 6.80. The molecule has 5 nitrogen and oxygen atoms in total. The second-order valence-electron chi connectivity index (χ2n) is 5.35. The molecule has 1 aromatic rings. The summed E-state index contributed by atoms with van der Waals surface area (Å²) in [6, 6.07) is 0.0541. The molecule has 102 valence electrons. The van der Waals surface area contributed by atoms with Gasteiger partial charge in [-0.15, -0.1) is 0 Å². The molecule has 2 rings (SSSR count). The molecule has 1 aliphatic heterocycles. The van der Waals surface area contributed by atoms with Crippen molar-refractivity contribution >= 4 is 0 Å². The van der Waals surface area contributed by atoms with Crippen LogP contribution in [-0.2, 0) is 10.3 Å². The van der Waals surface area contributed by atoms with E-state index in [1.54, 1.807) is 0 Å². The van der Waals surface area contributed by atoms with Gasteiger partial charge in [-0.1, -0.05) is 19.0 Å². The minimum atomic E-state index is -0.393. The van der Waals surface area contributed by atoms with Crippen molar-refractivity contribution in [3.63, 3.8) is 0 Å². The topological polar surface area (TPSA) is 74.2 Å². The van der Waals surface area contributed by atoms with Gasteiger partial charge in [-0.3, -0.25) is 0 Å². The lowest BCUT2D eigenvalue weighted by atomic mass is 9.95. The molecule has 0 spiro atoms. The number of hydrogen-bond donors (Lipinski definition) is 1. The van der Waals surface area contributed by atoms with Crippen LogP contribution in [-0.4, -0.2) is 22.8 Å². The van der Waals surface area contributed by atoms with Gasteiger partial charge < -0.3 is 15.0 Å². The van der Waals surface area contributed by atoms with Crippen LogP contribution in [0.25, 0.3) is 0 Å². The van der Waals surface area contributed by atoms with Gasteiger partial charge in [-0.25, -0.2) is 0 Å². The van der Waals surface area contributed by atoms with Crippen molar-refractivity contribution in [3.05, 3.63) is 11.7 Å². The largest absolute Gasteiger partial charge is 0.367 e. The molecule has 0 saturated carbocycles. The molecule has 0 aromatic carbocycles. The Kier molecular flexibility index (Phi) is 4.02. The van der Waals surface area contributed by atoms with E-state index in [0.29, 0.717) is 11.7 Å². The quantitative estimate of drug-likeness (QED) is 0.891. The van der Waals surface area contributed by atoms with E-state index in [4.69, 9.17) is 15.0 Å². The molecule has 0 radical (unpaired) electrons. The number of ether oxygens (including phenoxy) is 1. The zero-order valence-electron chi connectivity index (χ0n) is 11.5. The average Bonchev–Trinajstić information content (AvgIpc) is 2.88. The molecule has 2 heterocycles. The van der Waals surface area contributed by atoms with Crippen LogP contribution in [0.4, 0.5) is 0 Å². The third-order valence-corrected chi connectivity index (χ3v) is 3.89. The highest BCUT2D eigenvalue weighted by molar-refractivity contribution is 5.04. The summed E-state index contributed by atoms with van der Waals surface area (Å²) in [5.74, 6) is 1.37. The molecular weight excluding hydrogens is 230 g/mol. The summed E-state index contributed by atoms with van der Waals surface area (Å²) in [5, 5.41) is 4.08. The van der Waals surface area contributed by atoms with Gasteiger partial charge in [0.05, 0.1) is 5.92 Å². The average molecular weight is 253 g/mol. The fourth-order valence-corrected chi connectivity index (χ4v) is 2.28. The van der Waals surface area contributed by atoms with Gasteiger partial charge >= 0.3 is 0 Å². The number of hydrogen-bond acceptors (Lipinski definition) is 5. The van der Waals surface area contributed by atoms with Crippen LogP contribution in [0.2, 0.25) is 0 Å². The molecule has 3 unspecified atom stereocenters. The van der Waals surface area contributed by atoms with Crippen molar-refractivity contribution in [2.45, 2.75) is 64.0 Å². The summed E-state index contributed by atoms with van der Waals surface area (Å²) in [6.45, 7) is 6.88. The summed E-state index contributed by atoms with van der Waals surface area (Å²) in [7, 11) is 0. The Morgan fingerprint density at radius 2 is 2.22 bits per heavy atom. The van der Waals surface area contributed by atoms with Crippen molar-refractivity contribution in [3.8, 4) is 0 Å². The fourth-order valence-electron chi connectivity index (χ4n) is 2.28. The zero-order valence-corrected chi connectivity index (χ0v) is 11.5. The van der Waals surface area contributed by atoms with Crippen LogP contribution in [0, 0.1) is 0 Å². The van der Waals surface area contributed by atoms with Gasteiger partial charge in [0.1, 0.15) is 5.60 Å². The number of nitrogens with zero attached hydrogens (tertiary/aromatic N) is 2. The smallest absolute Gasteiger partial charge is 0.231 e. The van der Waals surface area contributed by atoms with Crippen LogP contribution >= 0.6 is 0 Å². The van der Waals surface area contributed by atoms with Gasteiger partial charge in [-0.2, -0.15) is 4.98 Å². The monoisotopic (exact) mass is 253 g/mol. The molecule has 0 amide bonds. The standard InChI is InChI=1S/C13H23N3O2/c1-4-10(14)9(2)11-15-12(16-18-11)13(3)7-5-6-8-17-13/h9-10H,4-8,14H2,1-3H3. The lowest BCUT2D eigenvalue weighted by Gasteiger charge is -2.30. The van der Waals surface area contributed by atoms with Gasteiger partial charge in [-0.05, 0) is 32.6 Å². The van der Waals surface area contributed by atoms with Gasteiger partial charge in [0.2, 0.25) is 11.7 Å². The fraction of sp³-hybridized carbons (Fsp3) is 0.846. The highest BCUT2D eigenvalue weighted by Gasteiger charge is 2.35. The Bertz CT molecular complexity index is 385. The van der Waals surface area contributed by atoms with Crippen LogP contribution in [0.5, 0.6) is 0 Å². The lowest BCUT2D eigenvalue weighted by molar-refractivity contribution is -0.0770. The molecule has 5 heteroatoms. The third-order valence-electron chi connectivity index (χ3n) is 3.89. The molecular formula is C13H23N3O2. The molecule has 1 aromatic heterocycles. The van der Waals surface area contributed by atoms with Crippen LogP contribution in [0.1, 0.15) is 64.1 Å². The van der Waals surface area contributed by atoms with Gasteiger partial charge in [0, 0.05) is 12.6 Å². The van der Waals surface area contributed by atoms with Crippen molar-refractivity contribution in [1.29, 1.82) is 0 Å². The second-order valence-corrected chi connectivity index (χ2v) is 5.35. The second kappa shape index (κ2) is 5.36.